The van der Waals surface area contributed by atoms with Crippen LogP contribution in [-0.4, -0.2) is 25.4 Å². The molecule has 1 aliphatic carbocycles. The first kappa shape index (κ1) is 20.4. The van der Waals surface area contributed by atoms with E-state index < -0.39 is 10.0 Å². The van der Waals surface area contributed by atoms with Crippen molar-refractivity contribution in [3.63, 3.8) is 0 Å². The summed E-state index contributed by atoms with van der Waals surface area (Å²) in [6, 6.07) is 16.9. The minimum atomic E-state index is -3.16. The second-order valence-corrected chi connectivity index (χ2v) is 8.57. The number of nitriles is 1. The van der Waals surface area contributed by atoms with Crippen molar-refractivity contribution in [1.82, 2.24) is 4.98 Å². The fourth-order valence-electron chi connectivity index (χ4n) is 2.95. The van der Waals surface area contributed by atoms with Gasteiger partial charge >= 0.3 is 0 Å². The van der Waals surface area contributed by atoms with Crippen molar-refractivity contribution in [1.29, 1.82) is 5.26 Å². The van der Waals surface area contributed by atoms with Crippen LogP contribution in [0.25, 0.3) is 11.3 Å². The smallest absolute Gasteiger partial charge is 0.229 e. The molecule has 2 aromatic carbocycles. The number of nitrogens with zero attached hydrogens (tertiary/aromatic N) is 1. The third kappa shape index (κ3) is 4.55. The maximum Gasteiger partial charge on any atom is 0.229 e. The zero-order valence-electron chi connectivity index (χ0n) is 16.4. The standard InChI is InChI=1S/C13H8N2O.C9H13NO2S/c1-7-2-4-8(5-3-7)13(16)12-10-9(6-14)11(10)15-12;1-3-8-6-4-5-7-9(8)10-13(2,11)12/h2-5,15H,1H3;4-7,10H,3H2,1-2H3. The van der Waals surface area contributed by atoms with E-state index in [-0.39, 0.29) is 5.78 Å². The summed E-state index contributed by atoms with van der Waals surface area (Å²) in [5.74, 6) is -0.0380. The van der Waals surface area contributed by atoms with Crippen LogP contribution in [0.1, 0.15) is 39.7 Å². The molecule has 6 nitrogen and oxygen atoms in total. The predicted octanol–water partition coefficient (Wildman–Crippen LogP) is 4.03. The van der Waals surface area contributed by atoms with Gasteiger partial charge in [-0.2, -0.15) is 5.26 Å². The monoisotopic (exact) mass is 407 g/mol. The molecule has 2 aliphatic rings. The van der Waals surface area contributed by atoms with Crippen LogP contribution in [0.5, 0.6) is 0 Å². The largest absolute Gasteiger partial charge is 0.350 e. The summed E-state index contributed by atoms with van der Waals surface area (Å²) < 4.78 is 24.4. The minimum Gasteiger partial charge on any atom is -0.350 e. The summed E-state index contributed by atoms with van der Waals surface area (Å²) >= 11 is 0. The fraction of sp³-hybridized carbons (Fsp3) is 0.182. The molecule has 0 fully saturated rings. The molecule has 148 valence electrons. The highest BCUT2D eigenvalue weighted by Gasteiger charge is 2.37. The molecule has 0 aromatic heterocycles. The second kappa shape index (κ2) is 7.94. The van der Waals surface area contributed by atoms with E-state index in [1.165, 1.54) is 0 Å². The Hall–Kier alpha value is -3.37. The Morgan fingerprint density at radius 3 is 2.34 bits per heavy atom. The van der Waals surface area contributed by atoms with Gasteiger partial charge < -0.3 is 4.98 Å². The van der Waals surface area contributed by atoms with Crippen LogP contribution in [-0.2, 0) is 16.4 Å². The first-order valence-electron chi connectivity index (χ1n) is 9.08. The van der Waals surface area contributed by atoms with Crippen LogP contribution in [0, 0.1) is 18.3 Å². The highest BCUT2D eigenvalue weighted by atomic mass is 32.2. The Bertz CT molecular complexity index is 1220. The Balaban J connectivity index is 0.000000170. The number of anilines is 1. The van der Waals surface area contributed by atoms with Crippen LogP contribution in [0.15, 0.2) is 48.5 Å². The van der Waals surface area contributed by atoms with Gasteiger partial charge in [0, 0.05) is 11.1 Å². The zero-order chi connectivity index (χ0) is 21.2. The first-order valence-corrected chi connectivity index (χ1v) is 11.0. The van der Waals surface area contributed by atoms with E-state index in [1.807, 2.05) is 44.2 Å². The molecule has 1 aliphatic heterocycles. The Morgan fingerprint density at radius 2 is 1.79 bits per heavy atom. The molecule has 0 saturated heterocycles. The van der Waals surface area contributed by atoms with Crippen molar-refractivity contribution in [2.45, 2.75) is 20.3 Å². The Labute approximate surface area is 170 Å². The maximum absolute atomic E-state index is 12.0. The number of fused-ring (bicyclic) bond motifs is 1. The summed E-state index contributed by atoms with van der Waals surface area (Å²) in [6.07, 6.45) is 1.97. The lowest BCUT2D eigenvalue weighted by Crippen LogP contribution is -2.10. The SMILES string of the molecule is CCc1ccccc1NS(C)(=O)=O.Cc1ccc(C(=O)c2[nH]c3c(C#N)c2-3)cc1. The summed E-state index contributed by atoms with van der Waals surface area (Å²) in [6.45, 7) is 3.97. The topological polar surface area (TPSA) is 103 Å². The number of rotatable bonds is 5. The molecular formula is C22H21N3O3S. The van der Waals surface area contributed by atoms with Gasteiger partial charge in [0.2, 0.25) is 15.8 Å². The van der Waals surface area contributed by atoms with Crippen LogP contribution >= 0.6 is 0 Å². The molecule has 2 N–H and O–H groups in total. The number of hydrogen-bond donors (Lipinski definition) is 2. The van der Waals surface area contributed by atoms with Crippen molar-refractivity contribution < 1.29 is 13.2 Å². The molecular weight excluding hydrogens is 386 g/mol. The van der Waals surface area contributed by atoms with Gasteiger partial charge in [-0.25, -0.2) is 8.42 Å². The minimum absolute atomic E-state index is 0.0380. The average molecular weight is 407 g/mol. The molecule has 0 atom stereocenters. The lowest BCUT2D eigenvalue weighted by molar-refractivity contribution is 0.103. The molecule has 0 spiro atoms. The molecule has 0 radical (unpaired) electrons. The third-order valence-electron chi connectivity index (χ3n) is 4.53. The molecule has 2 aromatic rings. The van der Waals surface area contributed by atoms with E-state index in [9.17, 15) is 13.2 Å². The van der Waals surface area contributed by atoms with Crippen molar-refractivity contribution >= 4 is 21.5 Å². The number of H-pyrrole nitrogens is 1. The van der Waals surface area contributed by atoms with E-state index in [1.54, 1.807) is 18.2 Å². The van der Waals surface area contributed by atoms with Gasteiger partial charge in [-0.05, 0) is 25.0 Å². The fourth-order valence-corrected chi connectivity index (χ4v) is 3.55. The number of para-hydroxylation sites is 1. The molecule has 0 amide bonds. The molecule has 7 heteroatoms. The van der Waals surface area contributed by atoms with Gasteiger partial charge in [0.1, 0.15) is 6.07 Å². The molecule has 0 unspecified atom stereocenters. The number of aromatic nitrogens is 1. The first-order chi connectivity index (χ1) is 13.7. The predicted molar refractivity (Wildman–Crippen MR) is 113 cm³/mol. The van der Waals surface area contributed by atoms with Crippen LogP contribution in [0.3, 0.4) is 0 Å². The van der Waals surface area contributed by atoms with E-state index in [0.717, 1.165) is 35.1 Å². The number of aryl methyl sites for hydroxylation is 2. The van der Waals surface area contributed by atoms with Crippen molar-refractivity contribution in [3.8, 4) is 17.3 Å². The number of benzene rings is 2. The van der Waals surface area contributed by atoms with Gasteiger partial charge in [0.15, 0.2) is 0 Å². The number of aromatic amines is 1. The Morgan fingerprint density at radius 1 is 1.14 bits per heavy atom. The molecule has 1 heterocycles. The lowest BCUT2D eigenvalue weighted by Gasteiger charge is -2.07. The van der Waals surface area contributed by atoms with Crippen LogP contribution in [0.4, 0.5) is 5.69 Å². The summed E-state index contributed by atoms with van der Waals surface area (Å²) in [5, 5.41) is 8.70. The molecule has 29 heavy (non-hydrogen) atoms. The highest BCUT2D eigenvalue weighted by molar-refractivity contribution is 7.92. The zero-order valence-corrected chi connectivity index (χ0v) is 17.2. The number of sulfonamides is 1. The number of nitrogens with one attached hydrogen (secondary N) is 2. The van der Waals surface area contributed by atoms with E-state index in [2.05, 4.69) is 15.8 Å². The maximum atomic E-state index is 12.0. The van der Waals surface area contributed by atoms with Crippen molar-refractivity contribution in [3.05, 3.63) is 76.5 Å². The van der Waals surface area contributed by atoms with E-state index >= 15 is 0 Å². The molecule has 4 rings (SSSR count). The van der Waals surface area contributed by atoms with Gasteiger partial charge in [-0.15, -0.1) is 0 Å². The van der Waals surface area contributed by atoms with Gasteiger partial charge in [-0.1, -0.05) is 55.0 Å². The van der Waals surface area contributed by atoms with E-state index in [0.29, 0.717) is 22.5 Å². The van der Waals surface area contributed by atoms with E-state index in [4.69, 9.17) is 5.26 Å². The molecule has 0 bridgehead atoms. The summed E-state index contributed by atoms with van der Waals surface area (Å²) in [7, 11) is -3.16. The number of ketones is 1. The average Bonchev–Trinajstić information content (AvgIpc) is 3.24. The summed E-state index contributed by atoms with van der Waals surface area (Å²) in [4.78, 5) is 14.9. The third-order valence-corrected chi connectivity index (χ3v) is 5.12. The summed E-state index contributed by atoms with van der Waals surface area (Å²) in [5.41, 5.74) is 6.33. The van der Waals surface area contributed by atoms with Crippen molar-refractivity contribution in [2.24, 2.45) is 0 Å². The number of hydrogen-bond acceptors (Lipinski definition) is 4. The normalized spacial score (nSPS) is 11.1. The number of carbonyl (C=O) groups is 1. The highest BCUT2D eigenvalue weighted by Crippen LogP contribution is 2.46. The van der Waals surface area contributed by atoms with Crippen molar-refractivity contribution in [2.75, 3.05) is 11.0 Å². The number of carbonyl (C=O) groups excluding carboxylic acids is 1. The second-order valence-electron chi connectivity index (χ2n) is 6.82. The van der Waals surface area contributed by atoms with Crippen LogP contribution in [0.2, 0.25) is 0 Å². The Kier molecular flexibility index (Phi) is 5.57. The molecule has 0 saturated carbocycles. The lowest BCUT2D eigenvalue weighted by atomic mass is 10.0. The van der Waals surface area contributed by atoms with Gasteiger partial charge in [0.25, 0.3) is 0 Å². The van der Waals surface area contributed by atoms with Gasteiger partial charge in [-0.3, -0.25) is 9.52 Å². The van der Waals surface area contributed by atoms with Crippen LogP contribution < -0.4 is 4.72 Å². The van der Waals surface area contributed by atoms with Gasteiger partial charge in [0.05, 0.1) is 28.9 Å². The quantitative estimate of drug-likeness (QED) is 0.488.